The van der Waals surface area contributed by atoms with Gasteiger partial charge in [-0.25, -0.2) is 0 Å². The highest BCUT2D eigenvalue weighted by Crippen LogP contribution is 2.25. The Labute approximate surface area is 125 Å². The first-order valence-corrected chi connectivity index (χ1v) is 6.53. The molecule has 0 spiro atoms. The predicted octanol–water partition coefficient (Wildman–Crippen LogP) is 2.20. The van der Waals surface area contributed by atoms with E-state index in [9.17, 15) is 5.11 Å². The number of rotatable bonds is 1. The van der Waals surface area contributed by atoms with Crippen LogP contribution < -0.4 is 0 Å². The fourth-order valence-corrected chi connectivity index (χ4v) is 1.86. The molecule has 4 aromatic rings. The molecule has 2 aromatic carbocycles. The first-order chi connectivity index (χ1) is 10.8. The van der Waals surface area contributed by atoms with Gasteiger partial charge in [0.2, 0.25) is 0 Å². The molecule has 7 nitrogen and oxygen atoms in total. The van der Waals surface area contributed by atoms with Crippen LogP contribution >= 0.6 is 0 Å². The van der Waals surface area contributed by atoms with Crippen LogP contribution in [0.5, 0.6) is 5.75 Å². The smallest absolute Gasteiger partial charge is 0.125 e. The number of nitrogens with one attached hydrogen (secondary N) is 1. The monoisotopic (exact) mass is 292 g/mol. The van der Waals surface area contributed by atoms with Crippen LogP contribution in [0.2, 0.25) is 0 Å². The minimum absolute atomic E-state index is 0.197. The van der Waals surface area contributed by atoms with E-state index in [2.05, 4.69) is 30.8 Å². The largest absolute Gasteiger partial charge is 0.507 e. The molecule has 0 bridgehead atoms. The fraction of sp³-hybridized carbons (Fsp3) is 0. The van der Waals surface area contributed by atoms with Gasteiger partial charge in [-0.05, 0) is 35.5 Å². The molecule has 0 aliphatic rings. The highest BCUT2D eigenvalue weighted by molar-refractivity contribution is 5.72. The molecule has 0 atom stereocenters. The highest BCUT2D eigenvalue weighted by atomic mass is 16.3. The molecule has 108 valence electrons. The number of phenols is 1. The predicted molar refractivity (Wildman–Crippen MR) is 80.8 cm³/mol. The summed E-state index contributed by atoms with van der Waals surface area (Å²) in [6.07, 6.45) is 1.54. The van der Waals surface area contributed by atoms with Crippen molar-refractivity contribution in [1.29, 1.82) is 0 Å². The number of para-hydroxylation sites is 3. The average Bonchev–Trinajstić information content (AvgIpc) is 3.05. The molecule has 0 radical (unpaired) electrons. The second kappa shape index (κ2) is 6.40. The molecule has 2 aromatic heterocycles. The summed E-state index contributed by atoms with van der Waals surface area (Å²) in [7, 11) is 0. The second-order valence-electron chi connectivity index (χ2n) is 4.34. The number of fused-ring (bicyclic) bond motifs is 1. The van der Waals surface area contributed by atoms with Crippen LogP contribution in [0.1, 0.15) is 0 Å². The van der Waals surface area contributed by atoms with Crippen molar-refractivity contribution >= 4 is 11.0 Å². The second-order valence-corrected chi connectivity index (χ2v) is 4.34. The first kappa shape index (κ1) is 13.6. The van der Waals surface area contributed by atoms with Crippen molar-refractivity contribution in [2.45, 2.75) is 0 Å². The van der Waals surface area contributed by atoms with Crippen molar-refractivity contribution < 1.29 is 5.11 Å². The van der Waals surface area contributed by atoms with Gasteiger partial charge in [0, 0.05) is 5.56 Å². The number of hydrogen-bond donors (Lipinski definition) is 2. The van der Waals surface area contributed by atoms with Gasteiger partial charge in [-0.1, -0.05) is 24.3 Å². The number of H-pyrrole nitrogens is 1. The molecular weight excluding hydrogens is 280 g/mol. The Kier molecular flexibility index (Phi) is 3.96. The van der Waals surface area contributed by atoms with Gasteiger partial charge in [-0.15, -0.1) is 10.2 Å². The standard InChI is InChI=1S/C9H7N3O.C6H5N3/c13-9-4-2-1-3-7(9)8-5-6-10-12-11-8;1-2-4-6-5(3-1)7-9-8-6/h1-6,13H;1-4H,(H,7,8,9). The van der Waals surface area contributed by atoms with Crippen LogP contribution in [0.25, 0.3) is 22.3 Å². The number of aromatic amines is 1. The number of benzene rings is 2. The van der Waals surface area contributed by atoms with Crippen molar-refractivity contribution in [3.63, 3.8) is 0 Å². The Morgan fingerprint density at radius 2 is 1.50 bits per heavy atom. The van der Waals surface area contributed by atoms with Gasteiger partial charge in [0.25, 0.3) is 0 Å². The van der Waals surface area contributed by atoms with Crippen LogP contribution in [0.15, 0.2) is 60.8 Å². The normalized spacial score (nSPS) is 10.0. The highest BCUT2D eigenvalue weighted by Gasteiger charge is 2.03. The van der Waals surface area contributed by atoms with Gasteiger partial charge in [0.15, 0.2) is 0 Å². The van der Waals surface area contributed by atoms with Crippen LogP contribution in [0.4, 0.5) is 0 Å². The molecule has 2 N–H and O–H groups in total. The van der Waals surface area contributed by atoms with Crippen molar-refractivity contribution in [2.75, 3.05) is 0 Å². The van der Waals surface area contributed by atoms with E-state index in [-0.39, 0.29) is 5.75 Å². The van der Waals surface area contributed by atoms with Gasteiger partial charge < -0.3 is 5.11 Å². The SMILES string of the molecule is Oc1ccccc1-c1ccnnn1.c1ccc2n[nH]nc2c1. The molecule has 2 heterocycles. The maximum atomic E-state index is 9.48. The molecule has 22 heavy (non-hydrogen) atoms. The lowest BCUT2D eigenvalue weighted by molar-refractivity contribution is 0.477. The maximum absolute atomic E-state index is 9.48. The van der Waals surface area contributed by atoms with Crippen LogP contribution in [0, 0.1) is 0 Å². The molecule has 4 rings (SSSR count). The number of aromatic hydroxyl groups is 1. The summed E-state index contributed by atoms with van der Waals surface area (Å²) in [6.45, 7) is 0. The molecule has 0 fully saturated rings. The van der Waals surface area contributed by atoms with Crippen molar-refractivity contribution in [1.82, 2.24) is 30.8 Å². The van der Waals surface area contributed by atoms with Crippen LogP contribution in [-0.2, 0) is 0 Å². The summed E-state index contributed by atoms with van der Waals surface area (Å²) in [5, 5.41) is 30.6. The summed E-state index contributed by atoms with van der Waals surface area (Å²) < 4.78 is 0. The molecule has 0 saturated heterocycles. The third kappa shape index (κ3) is 3.04. The topological polar surface area (TPSA) is 100 Å². The lowest BCUT2D eigenvalue weighted by Crippen LogP contribution is -1.88. The first-order valence-electron chi connectivity index (χ1n) is 6.53. The van der Waals surface area contributed by atoms with Gasteiger partial charge in [-0.3, -0.25) is 0 Å². The molecule has 0 saturated carbocycles. The average molecular weight is 292 g/mol. The third-order valence-electron chi connectivity index (χ3n) is 2.91. The Balaban J connectivity index is 0.000000139. The maximum Gasteiger partial charge on any atom is 0.125 e. The van der Waals surface area contributed by atoms with E-state index >= 15 is 0 Å². The number of nitrogens with zero attached hydrogens (tertiary/aromatic N) is 5. The van der Waals surface area contributed by atoms with E-state index in [0.29, 0.717) is 11.3 Å². The van der Waals surface area contributed by atoms with E-state index in [4.69, 9.17) is 0 Å². The zero-order valence-corrected chi connectivity index (χ0v) is 11.5. The Morgan fingerprint density at radius 1 is 0.818 bits per heavy atom. The minimum atomic E-state index is 0.197. The zero-order chi connectivity index (χ0) is 15.2. The molecule has 0 aliphatic heterocycles. The summed E-state index contributed by atoms with van der Waals surface area (Å²) in [6, 6.07) is 16.4. The summed E-state index contributed by atoms with van der Waals surface area (Å²) >= 11 is 0. The van der Waals surface area contributed by atoms with Gasteiger partial charge >= 0.3 is 0 Å². The summed E-state index contributed by atoms with van der Waals surface area (Å²) in [5.41, 5.74) is 3.11. The molecular formula is C15H12N6O. The van der Waals surface area contributed by atoms with Crippen molar-refractivity contribution in [3.8, 4) is 17.0 Å². The van der Waals surface area contributed by atoms with Crippen molar-refractivity contribution in [3.05, 3.63) is 60.8 Å². The number of aromatic nitrogens is 6. The third-order valence-corrected chi connectivity index (χ3v) is 2.91. The van der Waals surface area contributed by atoms with E-state index in [1.165, 1.54) is 6.20 Å². The Hall–Kier alpha value is -3.35. The molecule has 0 aliphatic carbocycles. The summed E-state index contributed by atoms with van der Waals surface area (Å²) in [4.78, 5) is 0. The molecule has 0 unspecified atom stereocenters. The van der Waals surface area contributed by atoms with E-state index in [1.807, 2.05) is 30.3 Å². The van der Waals surface area contributed by atoms with E-state index < -0.39 is 0 Å². The zero-order valence-electron chi connectivity index (χ0n) is 11.5. The summed E-state index contributed by atoms with van der Waals surface area (Å²) in [5.74, 6) is 0.197. The number of phenolic OH excluding ortho intramolecular Hbond substituents is 1. The van der Waals surface area contributed by atoms with E-state index in [1.54, 1.807) is 24.3 Å². The Bertz CT molecular complexity index is 832. The molecule has 7 heteroatoms. The molecule has 0 amide bonds. The lowest BCUT2D eigenvalue weighted by atomic mass is 10.1. The van der Waals surface area contributed by atoms with Crippen molar-refractivity contribution in [2.24, 2.45) is 0 Å². The fourth-order valence-electron chi connectivity index (χ4n) is 1.86. The van der Waals surface area contributed by atoms with Crippen LogP contribution in [-0.4, -0.2) is 35.9 Å². The quantitative estimate of drug-likeness (QED) is 0.558. The van der Waals surface area contributed by atoms with Gasteiger partial charge in [0.05, 0.1) is 11.9 Å². The number of hydrogen-bond acceptors (Lipinski definition) is 6. The van der Waals surface area contributed by atoms with Gasteiger partial charge in [-0.2, -0.15) is 15.4 Å². The van der Waals surface area contributed by atoms with Gasteiger partial charge in [0.1, 0.15) is 16.8 Å². The minimum Gasteiger partial charge on any atom is -0.507 e. The Morgan fingerprint density at radius 3 is 2.14 bits per heavy atom. The van der Waals surface area contributed by atoms with Crippen LogP contribution in [0.3, 0.4) is 0 Å². The van der Waals surface area contributed by atoms with E-state index in [0.717, 1.165) is 11.0 Å². The lowest BCUT2D eigenvalue weighted by Gasteiger charge is -2.00.